The van der Waals surface area contributed by atoms with Crippen LogP contribution >= 0.6 is 23.4 Å². The first-order chi connectivity index (χ1) is 15.0. The number of nitrogens with zero attached hydrogens (tertiary/aromatic N) is 4. The summed E-state index contributed by atoms with van der Waals surface area (Å²) in [5, 5.41) is 12.5. The van der Waals surface area contributed by atoms with Crippen LogP contribution in [0, 0.1) is 5.92 Å². The van der Waals surface area contributed by atoms with Gasteiger partial charge in [0.25, 0.3) is 0 Å². The van der Waals surface area contributed by atoms with E-state index in [4.69, 9.17) is 11.6 Å². The predicted octanol–water partition coefficient (Wildman–Crippen LogP) is 4.79. The molecule has 4 aromatic rings. The molecule has 31 heavy (non-hydrogen) atoms. The molecule has 1 amide bonds. The van der Waals surface area contributed by atoms with E-state index in [1.165, 1.54) is 11.8 Å². The molecule has 4 rings (SSSR count). The van der Waals surface area contributed by atoms with Gasteiger partial charge in [-0.15, -0.1) is 10.2 Å². The Kier molecular flexibility index (Phi) is 6.58. The molecule has 2 aromatic heterocycles. The number of amides is 1. The van der Waals surface area contributed by atoms with Crippen molar-refractivity contribution in [2.75, 3.05) is 5.75 Å². The number of hydrogen-bond donors (Lipinski definition) is 2. The van der Waals surface area contributed by atoms with Gasteiger partial charge in [-0.3, -0.25) is 9.36 Å². The maximum Gasteiger partial charge on any atom is 0.231 e. The van der Waals surface area contributed by atoms with Gasteiger partial charge in [-0.25, -0.2) is 4.98 Å². The Morgan fingerprint density at radius 1 is 1.23 bits per heavy atom. The summed E-state index contributed by atoms with van der Waals surface area (Å²) in [5.74, 6) is 1.30. The van der Waals surface area contributed by atoms with E-state index in [-0.39, 0.29) is 17.7 Å². The molecule has 2 aromatic carbocycles. The number of carbonyl (C=O) groups excluding carboxylic acids is 1. The molecule has 0 saturated carbocycles. The number of halogens is 1. The minimum Gasteiger partial charge on any atom is -0.345 e. The third kappa shape index (κ3) is 5.26. The zero-order valence-electron chi connectivity index (χ0n) is 17.2. The van der Waals surface area contributed by atoms with Crippen LogP contribution in [-0.2, 0) is 4.79 Å². The lowest BCUT2D eigenvalue weighted by Gasteiger charge is -2.18. The molecule has 0 fully saturated rings. The lowest BCUT2D eigenvalue weighted by atomic mass is 10.0. The summed E-state index contributed by atoms with van der Waals surface area (Å²) in [6, 6.07) is 15.1. The van der Waals surface area contributed by atoms with Crippen molar-refractivity contribution < 1.29 is 4.79 Å². The van der Waals surface area contributed by atoms with E-state index in [1.807, 2.05) is 53.1 Å². The van der Waals surface area contributed by atoms with Gasteiger partial charge >= 0.3 is 0 Å². The zero-order valence-corrected chi connectivity index (χ0v) is 18.8. The molecule has 9 heteroatoms. The summed E-state index contributed by atoms with van der Waals surface area (Å²) < 4.78 is 1.81. The van der Waals surface area contributed by atoms with Crippen LogP contribution in [0.4, 0.5) is 0 Å². The van der Waals surface area contributed by atoms with Crippen molar-refractivity contribution in [1.29, 1.82) is 0 Å². The maximum absolute atomic E-state index is 12.8. The molecule has 160 valence electrons. The highest BCUT2D eigenvalue weighted by atomic mass is 35.5. The van der Waals surface area contributed by atoms with Gasteiger partial charge in [-0.2, -0.15) is 0 Å². The van der Waals surface area contributed by atoms with Crippen LogP contribution in [-0.4, -0.2) is 36.4 Å². The second kappa shape index (κ2) is 9.53. The van der Waals surface area contributed by atoms with E-state index in [0.717, 1.165) is 29.0 Å². The van der Waals surface area contributed by atoms with Gasteiger partial charge in [0, 0.05) is 5.02 Å². The number of aromatic nitrogens is 5. The first kappa shape index (κ1) is 21.4. The van der Waals surface area contributed by atoms with Crippen LogP contribution in [0.5, 0.6) is 0 Å². The molecule has 0 aliphatic rings. The largest absolute Gasteiger partial charge is 0.345 e. The number of benzene rings is 2. The van der Waals surface area contributed by atoms with Gasteiger partial charge in [-0.1, -0.05) is 55.4 Å². The van der Waals surface area contributed by atoms with E-state index >= 15 is 0 Å². The van der Waals surface area contributed by atoms with E-state index in [1.54, 1.807) is 6.33 Å². The molecule has 0 radical (unpaired) electrons. The van der Waals surface area contributed by atoms with E-state index in [9.17, 15) is 4.79 Å². The third-order valence-electron chi connectivity index (χ3n) is 4.72. The molecule has 0 aliphatic carbocycles. The number of rotatable bonds is 8. The van der Waals surface area contributed by atoms with Crippen molar-refractivity contribution >= 4 is 40.3 Å². The van der Waals surface area contributed by atoms with Crippen LogP contribution in [0.2, 0.25) is 5.02 Å². The Morgan fingerprint density at radius 3 is 2.84 bits per heavy atom. The fourth-order valence-corrected chi connectivity index (χ4v) is 4.26. The average Bonchev–Trinajstić information content (AvgIpc) is 3.38. The maximum atomic E-state index is 12.8. The second-order valence-corrected chi connectivity index (χ2v) is 9.02. The van der Waals surface area contributed by atoms with Crippen molar-refractivity contribution in [2.45, 2.75) is 31.5 Å². The van der Waals surface area contributed by atoms with E-state index in [0.29, 0.717) is 16.1 Å². The number of aromatic amines is 1. The number of nitrogens with one attached hydrogen (secondary N) is 2. The van der Waals surface area contributed by atoms with Crippen LogP contribution in [0.1, 0.15) is 32.1 Å². The van der Waals surface area contributed by atoms with Gasteiger partial charge in [0.05, 0.1) is 28.5 Å². The summed E-state index contributed by atoms with van der Waals surface area (Å²) >= 11 is 7.42. The number of thioether (sulfide) groups is 1. The molecule has 1 atom stereocenters. The Balaban J connectivity index is 1.45. The molecule has 2 heterocycles. The fourth-order valence-electron chi connectivity index (χ4n) is 3.34. The number of carbonyl (C=O) groups is 1. The number of H-pyrrole nitrogens is 1. The summed E-state index contributed by atoms with van der Waals surface area (Å²) in [6.45, 7) is 4.26. The average molecular weight is 455 g/mol. The van der Waals surface area contributed by atoms with Gasteiger partial charge in [0.2, 0.25) is 5.91 Å². The summed E-state index contributed by atoms with van der Waals surface area (Å²) in [5.41, 5.74) is 2.70. The van der Waals surface area contributed by atoms with E-state index < -0.39 is 0 Å². The molecule has 0 bridgehead atoms. The number of para-hydroxylation sites is 2. The number of hydrogen-bond acceptors (Lipinski definition) is 5. The molecule has 1 unspecified atom stereocenters. The smallest absolute Gasteiger partial charge is 0.231 e. The molecule has 0 spiro atoms. The van der Waals surface area contributed by atoms with Crippen molar-refractivity contribution in [1.82, 2.24) is 30.0 Å². The predicted molar refractivity (Wildman–Crippen MR) is 124 cm³/mol. The molecule has 0 saturated heterocycles. The standard InChI is InChI=1S/C22H23ClN6OS/c1-14(2)10-19(21-26-17-8-3-4-9-18(17)27-21)25-20(30)12-31-22-28-24-13-29(22)16-7-5-6-15(23)11-16/h3-9,11,13-14,19H,10,12H2,1-2H3,(H,25,30)(H,26,27). The van der Waals surface area contributed by atoms with Crippen molar-refractivity contribution in [3.8, 4) is 5.69 Å². The summed E-state index contributed by atoms with van der Waals surface area (Å²) in [6.07, 6.45) is 2.40. The van der Waals surface area contributed by atoms with E-state index in [2.05, 4.69) is 39.3 Å². The Labute approximate surface area is 189 Å². The van der Waals surface area contributed by atoms with Crippen molar-refractivity contribution in [2.24, 2.45) is 5.92 Å². The Hall–Kier alpha value is -2.84. The van der Waals surface area contributed by atoms with Gasteiger partial charge < -0.3 is 10.3 Å². The molecule has 2 N–H and O–H groups in total. The van der Waals surface area contributed by atoms with Crippen molar-refractivity contribution in [3.63, 3.8) is 0 Å². The molecular weight excluding hydrogens is 432 g/mol. The van der Waals surface area contributed by atoms with Crippen LogP contribution in [0.3, 0.4) is 0 Å². The molecular formula is C22H23ClN6OS. The highest BCUT2D eigenvalue weighted by molar-refractivity contribution is 7.99. The summed E-state index contributed by atoms with van der Waals surface area (Å²) in [4.78, 5) is 20.8. The Bertz CT molecular complexity index is 1150. The first-order valence-corrected chi connectivity index (χ1v) is 11.4. The SMILES string of the molecule is CC(C)CC(NC(=O)CSc1nncn1-c1cccc(Cl)c1)c1nc2ccccc2[nH]1. The lowest BCUT2D eigenvalue weighted by molar-refractivity contribution is -0.119. The monoisotopic (exact) mass is 454 g/mol. The highest BCUT2D eigenvalue weighted by Gasteiger charge is 2.20. The highest BCUT2D eigenvalue weighted by Crippen LogP contribution is 2.24. The second-order valence-electron chi connectivity index (χ2n) is 7.64. The normalized spacial score (nSPS) is 12.4. The van der Waals surface area contributed by atoms with Crippen molar-refractivity contribution in [3.05, 3.63) is 65.7 Å². The minimum atomic E-state index is -0.189. The minimum absolute atomic E-state index is 0.0863. The quantitative estimate of drug-likeness (QED) is 0.373. The fraction of sp³-hybridized carbons (Fsp3) is 0.273. The van der Waals surface area contributed by atoms with Gasteiger partial charge in [-0.05, 0) is 42.7 Å². The number of imidazole rings is 1. The van der Waals surface area contributed by atoms with Crippen LogP contribution in [0.15, 0.2) is 60.0 Å². The van der Waals surface area contributed by atoms with Crippen LogP contribution in [0.25, 0.3) is 16.7 Å². The third-order valence-corrected chi connectivity index (χ3v) is 5.89. The van der Waals surface area contributed by atoms with Crippen LogP contribution < -0.4 is 5.32 Å². The number of fused-ring (bicyclic) bond motifs is 1. The lowest BCUT2D eigenvalue weighted by Crippen LogP contribution is -2.31. The topological polar surface area (TPSA) is 88.5 Å². The zero-order chi connectivity index (χ0) is 21.8. The Morgan fingerprint density at radius 2 is 2.06 bits per heavy atom. The first-order valence-electron chi connectivity index (χ1n) is 10.0. The summed E-state index contributed by atoms with van der Waals surface area (Å²) in [7, 11) is 0. The van der Waals surface area contributed by atoms with Gasteiger partial charge in [0.15, 0.2) is 5.16 Å². The molecule has 7 nitrogen and oxygen atoms in total. The van der Waals surface area contributed by atoms with Gasteiger partial charge in [0.1, 0.15) is 12.2 Å². The molecule has 0 aliphatic heterocycles.